The van der Waals surface area contributed by atoms with E-state index >= 15 is 0 Å². The molecule has 0 saturated heterocycles. The maximum Gasteiger partial charge on any atom is 0.124 e. The molecule has 0 saturated carbocycles. The number of nitrogens with zero attached hydrogens (tertiary/aromatic N) is 1. The van der Waals surface area contributed by atoms with Crippen molar-refractivity contribution in [2.75, 3.05) is 0 Å². The third-order valence-corrected chi connectivity index (χ3v) is 5.56. The molecule has 5 rings (SSSR count). The Morgan fingerprint density at radius 3 is 2.76 bits per heavy atom. The summed E-state index contributed by atoms with van der Waals surface area (Å²) in [5.74, 6) is 1.00. The number of benzene rings is 3. The fraction of sp³-hybridized carbons (Fsp3) is 0.115. The average molecular weight is 398 g/mol. The van der Waals surface area contributed by atoms with Gasteiger partial charge in [0.05, 0.1) is 11.2 Å². The van der Waals surface area contributed by atoms with Gasteiger partial charge in [0.2, 0.25) is 0 Å². The lowest BCUT2D eigenvalue weighted by atomic mass is 9.96. The molecule has 142 valence electrons. The van der Waals surface area contributed by atoms with Crippen LogP contribution in [-0.4, -0.2) is 4.98 Å². The van der Waals surface area contributed by atoms with Crippen LogP contribution in [0.3, 0.4) is 0 Å². The zero-order valence-corrected chi connectivity index (χ0v) is 16.6. The molecule has 0 N–H and O–H groups in total. The highest BCUT2D eigenvalue weighted by Gasteiger charge is 2.20. The number of para-hydroxylation sites is 1. The van der Waals surface area contributed by atoms with Gasteiger partial charge in [0.15, 0.2) is 0 Å². The molecule has 1 aromatic heterocycles. The SMILES string of the molecule is Clc1ccc2ccc(/C=C/c3cccc(C4CCc5ccccc5O4)c3)nc2c1. The van der Waals surface area contributed by atoms with E-state index in [1.54, 1.807) is 0 Å². The molecule has 0 spiro atoms. The molecule has 0 radical (unpaired) electrons. The van der Waals surface area contributed by atoms with Gasteiger partial charge < -0.3 is 4.74 Å². The van der Waals surface area contributed by atoms with Gasteiger partial charge in [-0.2, -0.15) is 0 Å². The maximum atomic E-state index is 6.25. The Morgan fingerprint density at radius 2 is 1.79 bits per heavy atom. The predicted octanol–water partition coefficient (Wildman–Crippen LogP) is 7.12. The van der Waals surface area contributed by atoms with Crippen molar-refractivity contribution in [3.05, 3.63) is 106 Å². The van der Waals surface area contributed by atoms with Crippen molar-refractivity contribution in [2.45, 2.75) is 18.9 Å². The summed E-state index contributed by atoms with van der Waals surface area (Å²) in [6.07, 6.45) is 6.27. The lowest BCUT2D eigenvalue weighted by molar-refractivity contribution is 0.176. The van der Waals surface area contributed by atoms with Gasteiger partial charge in [0.1, 0.15) is 11.9 Å². The van der Waals surface area contributed by atoms with Crippen molar-refractivity contribution in [3.8, 4) is 5.75 Å². The van der Waals surface area contributed by atoms with Crippen LogP contribution in [0.1, 0.15) is 34.9 Å². The van der Waals surface area contributed by atoms with Crippen molar-refractivity contribution in [1.29, 1.82) is 0 Å². The average Bonchev–Trinajstić information content (AvgIpc) is 2.77. The number of pyridine rings is 1. The lowest BCUT2D eigenvalue weighted by Crippen LogP contribution is -2.15. The molecule has 4 aromatic rings. The van der Waals surface area contributed by atoms with E-state index in [9.17, 15) is 0 Å². The molecule has 3 heteroatoms. The molecule has 2 nitrogen and oxygen atoms in total. The Labute approximate surface area is 175 Å². The second kappa shape index (κ2) is 7.73. The minimum Gasteiger partial charge on any atom is -0.485 e. The highest BCUT2D eigenvalue weighted by Crippen LogP contribution is 2.34. The van der Waals surface area contributed by atoms with Crippen LogP contribution in [0, 0.1) is 0 Å². The van der Waals surface area contributed by atoms with Crippen molar-refractivity contribution in [1.82, 2.24) is 4.98 Å². The van der Waals surface area contributed by atoms with Crippen LogP contribution in [-0.2, 0) is 6.42 Å². The zero-order valence-electron chi connectivity index (χ0n) is 15.9. The Hall–Kier alpha value is -3.10. The van der Waals surface area contributed by atoms with Gasteiger partial charge in [0, 0.05) is 10.4 Å². The third-order valence-electron chi connectivity index (χ3n) is 5.32. The molecule has 1 aliphatic rings. The molecular weight excluding hydrogens is 378 g/mol. The molecule has 1 atom stereocenters. The standard InChI is InChI=1S/C26H20ClNO/c27-22-12-9-19-10-14-23(28-24(19)17-22)13-8-18-4-3-6-21(16-18)26-15-11-20-5-1-2-7-25(20)29-26/h1-10,12-14,16-17,26H,11,15H2/b13-8+. The van der Waals surface area contributed by atoms with Crippen LogP contribution in [0.4, 0.5) is 0 Å². The summed E-state index contributed by atoms with van der Waals surface area (Å²) in [7, 11) is 0. The van der Waals surface area contributed by atoms with Gasteiger partial charge in [-0.3, -0.25) is 0 Å². The summed E-state index contributed by atoms with van der Waals surface area (Å²) in [6.45, 7) is 0. The lowest BCUT2D eigenvalue weighted by Gasteiger charge is -2.26. The molecule has 0 bridgehead atoms. The summed E-state index contributed by atoms with van der Waals surface area (Å²) < 4.78 is 6.25. The number of ether oxygens (including phenoxy) is 1. The van der Waals surface area contributed by atoms with Gasteiger partial charge in [-0.1, -0.05) is 66.2 Å². The molecule has 1 unspecified atom stereocenters. The minimum absolute atomic E-state index is 0.0965. The molecular formula is C26H20ClNO. The first-order valence-corrected chi connectivity index (χ1v) is 10.2. The van der Waals surface area contributed by atoms with Gasteiger partial charge in [0.25, 0.3) is 0 Å². The summed E-state index contributed by atoms with van der Waals surface area (Å²) in [5, 5.41) is 1.79. The van der Waals surface area contributed by atoms with E-state index in [2.05, 4.69) is 54.6 Å². The summed E-state index contributed by atoms with van der Waals surface area (Å²) in [5.41, 5.74) is 5.45. The Bertz CT molecular complexity index is 1210. The number of hydrogen-bond donors (Lipinski definition) is 0. The first-order chi connectivity index (χ1) is 14.2. The number of fused-ring (bicyclic) bond motifs is 2. The maximum absolute atomic E-state index is 6.25. The smallest absolute Gasteiger partial charge is 0.124 e. The molecule has 3 aromatic carbocycles. The number of rotatable bonds is 3. The monoisotopic (exact) mass is 397 g/mol. The van der Waals surface area contributed by atoms with Gasteiger partial charge in [-0.25, -0.2) is 4.98 Å². The van der Waals surface area contributed by atoms with Crippen LogP contribution < -0.4 is 4.74 Å². The van der Waals surface area contributed by atoms with Gasteiger partial charge in [-0.15, -0.1) is 0 Å². The van der Waals surface area contributed by atoms with E-state index in [1.807, 2.05) is 36.4 Å². The van der Waals surface area contributed by atoms with Crippen LogP contribution in [0.25, 0.3) is 23.1 Å². The molecule has 0 amide bonds. The first kappa shape index (κ1) is 18.0. The Morgan fingerprint density at radius 1 is 0.897 bits per heavy atom. The van der Waals surface area contributed by atoms with Crippen molar-refractivity contribution in [3.63, 3.8) is 0 Å². The molecule has 1 aliphatic heterocycles. The van der Waals surface area contributed by atoms with E-state index in [4.69, 9.17) is 21.3 Å². The van der Waals surface area contributed by atoms with Crippen LogP contribution >= 0.6 is 11.6 Å². The van der Waals surface area contributed by atoms with E-state index < -0.39 is 0 Å². The Balaban J connectivity index is 1.38. The van der Waals surface area contributed by atoms with E-state index in [-0.39, 0.29) is 6.10 Å². The summed E-state index contributed by atoms with van der Waals surface area (Å²) >= 11 is 6.10. The summed E-state index contributed by atoms with van der Waals surface area (Å²) in [6, 6.07) is 26.7. The van der Waals surface area contributed by atoms with E-state index in [1.165, 1.54) is 11.1 Å². The topological polar surface area (TPSA) is 22.1 Å². The number of aryl methyl sites for hydroxylation is 1. The van der Waals surface area contributed by atoms with Crippen molar-refractivity contribution < 1.29 is 4.74 Å². The first-order valence-electron chi connectivity index (χ1n) is 9.83. The van der Waals surface area contributed by atoms with Crippen LogP contribution in [0.15, 0.2) is 78.9 Å². The highest BCUT2D eigenvalue weighted by atomic mass is 35.5. The van der Waals surface area contributed by atoms with E-state index in [0.29, 0.717) is 5.02 Å². The summed E-state index contributed by atoms with van der Waals surface area (Å²) in [4.78, 5) is 4.69. The largest absolute Gasteiger partial charge is 0.485 e. The van der Waals surface area contributed by atoms with Crippen LogP contribution in [0.5, 0.6) is 5.75 Å². The fourth-order valence-corrected chi connectivity index (χ4v) is 3.97. The predicted molar refractivity (Wildman–Crippen MR) is 120 cm³/mol. The molecule has 0 aliphatic carbocycles. The molecule has 0 fully saturated rings. The quantitative estimate of drug-likeness (QED) is 0.367. The van der Waals surface area contributed by atoms with Crippen molar-refractivity contribution >= 4 is 34.7 Å². The zero-order chi connectivity index (χ0) is 19.6. The Kier molecular flexibility index (Phi) is 4.79. The highest BCUT2D eigenvalue weighted by molar-refractivity contribution is 6.31. The number of halogens is 1. The fourth-order valence-electron chi connectivity index (χ4n) is 3.80. The minimum atomic E-state index is 0.0965. The van der Waals surface area contributed by atoms with E-state index in [0.717, 1.165) is 40.8 Å². The normalized spacial score (nSPS) is 16.0. The number of hydrogen-bond acceptors (Lipinski definition) is 2. The van der Waals surface area contributed by atoms with Gasteiger partial charge >= 0.3 is 0 Å². The third kappa shape index (κ3) is 3.90. The van der Waals surface area contributed by atoms with Gasteiger partial charge in [-0.05, 0) is 65.9 Å². The van der Waals surface area contributed by atoms with Crippen LogP contribution in [0.2, 0.25) is 5.02 Å². The second-order valence-corrected chi connectivity index (χ2v) is 7.77. The second-order valence-electron chi connectivity index (χ2n) is 7.33. The molecule has 2 heterocycles. The number of aromatic nitrogens is 1. The van der Waals surface area contributed by atoms with Crippen molar-refractivity contribution in [2.24, 2.45) is 0 Å². The molecule has 29 heavy (non-hydrogen) atoms.